The molecule has 1 aromatic rings. The molecule has 48 valence electrons. The number of aromatic carboxylic acids is 1. The minimum atomic E-state index is -0.982. The molecule has 5 heteroatoms. The highest BCUT2D eigenvalue weighted by molar-refractivity contribution is 7.17. The monoisotopic (exact) mass is 144 g/mol. The lowest BCUT2D eigenvalue weighted by Crippen LogP contribution is -1.89. The molecule has 0 saturated heterocycles. The number of carboxylic acids is 1. The highest BCUT2D eigenvalue weighted by Crippen LogP contribution is 2.13. The SMILES string of the molecule is Nc1ncc(C(=O)O)s1. The zero-order chi connectivity index (χ0) is 6.85. The van der Waals surface area contributed by atoms with Gasteiger partial charge in [-0.2, -0.15) is 0 Å². The number of thiazole rings is 1. The quantitative estimate of drug-likeness (QED) is 0.599. The van der Waals surface area contributed by atoms with Gasteiger partial charge in [-0.25, -0.2) is 9.78 Å². The second-order valence-electron chi connectivity index (χ2n) is 1.37. The average molecular weight is 144 g/mol. The molecular formula is C4H4N2O2S. The van der Waals surface area contributed by atoms with Gasteiger partial charge in [0.1, 0.15) is 4.88 Å². The number of hydrogen-bond donors (Lipinski definition) is 2. The third-order valence-electron chi connectivity index (χ3n) is 0.734. The number of hydrogen-bond acceptors (Lipinski definition) is 4. The molecule has 1 aromatic heterocycles. The van der Waals surface area contributed by atoms with Gasteiger partial charge >= 0.3 is 5.97 Å². The van der Waals surface area contributed by atoms with Crippen LogP contribution in [0.25, 0.3) is 0 Å². The summed E-state index contributed by atoms with van der Waals surface area (Å²) in [6.07, 6.45) is 1.24. The predicted octanol–water partition coefficient (Wildman–Crippen LogP) is 0.424. The van der Waals surface area contributed by atoms with Gasteiger partial charge in [-0.3, -0.25) is 0 Å². The summed E-state index contributed by atoms with van der Waals surface area (Å²) in [5, 5.41) is 8.60. The molecule has 0 radical (unpaired) electrons. The Morgan fingerprint density at radius 3 is 2.78 bits per heavy atom. The molecule has 0 unspecified atom stereocenters. The van der Waals surface area contributed by atoms with Crippen LogP contribution in [0.4, 0.5) is 5.13 Å². The number of nitrogen functional groups attached to an aromatic ring is 1. The van der Waals surface area contributed by atoms with Gasteiger partial charge in [-0.05, 0) is 0 Å². The van der Waals surface area contributed by atoms with Crippen LogP contribution in [0.5, 0.6) is 0 Å². The van der Waals surface area contributed by atoms with Crippen molar-refractivity contribution >= 4 is 22.4 Å². The van der Waals surface area contributed by atoms with E-state index in [9.17, 15) is 4.79 Å². The van der Waals surface area contributed by atoms with Crippen LogP contribution in [0.15, 0.2) is 6.20 Å². The third kappa shape index (κ3) is 1.17. The zero-order valence-corrected chi connectivity index (χ0v) is 5.18. The van der Waals surface area contributed by atoms with Crippen molar-refractivity contribution in [1.29, 1.82) is 0 Å². The van der Waals surface area contributed by atoms with Crippen LogP contribution in [-0.2, 0) is 0 Å². The van der Waals surface area contributed by atoms with Gasteiger partial charge in [-0.15, -0.1) is 0 Å². The Hall–Kier alpha value is -1.10. The van der Waals surface area contributed by atoms with Gasteiger partial charge in [0.05, 0.1) is 6.20 Å². The molecule has 4 nitrogen and oxygen atoms in total. The Morgan fingerprint density at radius 1 is 1.89 bits per heavy atom. The molecule has 0 aliphatic rings. The summed E-state index contributed by atoms with van der Waals surface area (Å²) in [4.78, 5) is 13.9. The van der Waals surface area contributed by atoms with Crippen molar-refractivity contribution in [3.63, 3.8) is 0 Å². The lowest BCUT2D eigenvalue weighted by atomic mass is 10.6. The Balaban J connectivity index is 2.98. The molecular weight excluding hydrogens is 140 g/mol. The molecule has 9 heavy (non-hydrogen) atoms. The molecule has 0 aliphatic carbocycles. The van der Waals surface area contributed by atoms with Crippen molar-refractivity contribution in [1.82, 2.24) is 4.98 Å². The molecule has 0 aromatic carbocycles. The summed E-state index contributed by atoms with van der Waals surface area (Å²) in [7, 11) is 0. The van der Waals surface area contributed by atoms with Gasteiger partial charge in [0.15, 0.2) is 5.13 Å². The Morgan fingerprint density at radius 2 is 2.56 bits per heavy atom. The molecule has 0 spiro atoms. The minimum Gasteiger partial charge on any atom is -0.477 e. The summed E-state index contributed by atoms with van der Waals surface area (Å²) < 4.78 is 0. The molecule has 0 bridgehead atoms. The van der Waals surface area contributed by atoms with E-state index in [1.54, 1.807) is 0 Å². The molecule has 0 amide bonds. The lowest BCUT2D eigenvalue weighted by Gasteiger charge is -1.78. The van der Waals surface area contributed by atoms with Crippen molar-refractivity contribution in [2.75, 3.05) is 5.73 Å². The maximum atomic E-state index is 10.1. The maximum absolute atomic E-state index is 10.1. The number of nitrogens with zero attached hydrogens (tertiary/aromatic N) is 1. The van der Waals surface area contributed by atoms with Gasteiger partial charge in [0.25, 0.3) is 0 Å². The first-order valence-corrected chi connectivity index (χ1v) is 2.96. The standard InChI is InChI=1S/C4H4N2O2S/c5-4-6-1-2(9-4)3(7)8/h1H,(H2,5,6)(H,7,8). The highest BCUT2D eigenvalue weighted by atomic mass is 32.1. The van der Waals surface area contributed by atoms with Crippen LogP contribution >= 0.6 is 11.3 Å². The average Bonchev–Trinajstić information content (AvgIpc) is 2.14. The number of carboxylic acid groups (broad SMARTS) is 1. The molecule has 1 rings (SSSR count). The summed E-state index contributed by atoms with van der Waals surface area (Å²) in [6, 6.07) is 0. The van der Waals surface area contributed by atoms with E-state index in [1.165, 1.54) is 6.20 Å². The molecule has 0 aliphatic heterocycles. The smallest absolute Gasteiger partial charge is 0.347 e. The number of aromatic nitrogens is 1. The van der Waals surface area contributed by atoms with E-state index >= 15 is 0 Å². The van der Waals surface area contributed by atoms with E-state index in [4.69, 9.17) is 10.8 Å². The van der Waals surface area contributed by atoms with Crippen molar-refractivity contribution < 1.29 is 9.90 Å². The second-order valence-corrected chi connectivity index (χ2v) is 2.43. The van der Waals surface area contributed by atoms with E-state index < -0.39 is 5.97 Å². The van der Waals surface area contributed by atoms with Gasteiger partial charge in [-0.1, -0.05) is 11.3 Å². The number of nitrogens with two attached hydrogens (primary N) is 1. The highest BCUT2D eigenvalue weighted by Gasteiger charge is 2.04. The number of rotatable bonds is 1. The Kier molecular flexibility index (Phi) is 1.35. The van der Waals surface area contributed by atoms with Crippen LogP contribution in [0.1, 0.15) is 9.67 Å². The normalized spacial score (nSPS) is 9.33. The van der Waals surface area contributed by atoms with Crippen molar-refractivity contribution in [2.45, 2.75) is 0 Å². The van der Waals surface area contributed by atoms with Crippen LogP contribution in [0.3, 0.4) is 0 Å². The van der Waals surface area contributed by atoms with E-state index in [0.717, 1.165) is 11.3 Å². The second kappa shape index (κ2) is 2.02. The molecule has 0 fully saturated rings. The fourth-order valence-corrected chi connectivity index (χ4v) is 0.910. The van der Waals surface area contributed by atoms with Crippen LogP contribution < -0.4 is 5.73 Å². The topological polar surface area (TPSA) is 76.2 Å². The third-order valence-corrected chi connectivity index (χ3v) is 1.55. The summed E-state index contributed by atoms with van der Waals surface area (Å²) in [5.74, 6) is -0.982. The van der Waals surface area contributed by atoms with Gasteiger partial charge < -0.3 is 10.8 Å². The van der Waals surface area contributed by atoms with E-state index in [1.807, 2.05) is 0 Å². The first-order valence-electron chi connectivity index (χ1n) is 2.15. The first kappa shape index (κ1) is 6.03. The number of carbonyl (C=O) groups is 1. The van der Waals surface area contributed by atoms with Gasteiger partial charge in [0, 0.05) is 0 Å². The largest absolute Gasteiger partial charge is 0.477 e. The molecule has 0 saturated carbocycles. The molecule has 1 heterocycles. The van der Waals surface area contributed by atoms with Crippen LogP contribution in [0, 0.1) is 0 Å². The minimum absolute atomic E-state index is 0.174. The van der Waals surface area contributed by atoms with E-state index in [2.05, 4.69) is 4.98 Å². The van der Waals surface area contributed by atoms with E-state index in [0.29, 0.717) is 0 Å². The Bertz CT molecular complexity index is 232. The van der Waals surface area contributed by atoms with Crippen molar-refractivity contribution in [2.24, 2.45) is 0 Å². The number of anilines is 1. The van der Waals surface area contributed by atoms with Crippen LogP contribution in [0.2, 0.25) is 0 Å². The molecule has 3 N–H and O–H groups in total. The van der Waals surface area contributed by atoms with Crippen LogP contribution in [-0.4, -0.2) is 16.1 Å². The van der Waals surface area contributed by atoms with Crippen molar-refractivity contribution in [3.8, 4) is 0 Å². The lowest BCUT2D eigenvalue weighted by molar-refractivity contribution is 0.0702. The maximum Gasteiger partial charge on any atom is 0.347 e. The summed E-state index contributed by atoms with van der Waals surface area (Å²) in [6.45, 7) is 0. The predicted molar refractivity (Wildman–Crippen MR) is 33.5 cm³/mol. The zero-order valence-electron chi connectivity index (χ0n) is 4.37. The molecule has 0 atom stereocenters. The Labute approximate surface area is 55.0 Å². The van der Waals surface area contributed by atoms with E-state index in [-0.39, 0.29) is 10.0 Å². The fourth-order valence-electron chi connectivity index (χ4n) is 0.386. The summed E-state index contributed by atoms with van der Waals surface area (Å²) >= 11 is 0.963. The summed E-state index contributed by atoms with van der Waals surface area (Å²) in [5.41, 5.74) is 5.16. The van der Waals surface area contributed by atoms with Crippen molar-refractivity contribution in [3.05, 3.63) is 11.1 Å². The first-order chi connectivity index (χ1) is 4.20. The fraction of sp³-hybridized carbons (Fsp3) is 0. The van der Waals surface area contributed by atoms with Gasteiger partial charge in [0.2, 0.25) is 0 Å².